The van der Waals surface area contributed by atoms with E-state index in [2.05, 4.69) is 20.7 Å². The number of benzene rings is 1. The zero-order chi connectivity index (χ0) is 17.5. The monoisotopic (exact) mass is 473 g/mol. The van der Waals surface area contributed by atoms with Crippen molar-refractivity contribution < 1.29 is 9.13 Å². The quantitative estimate of drug-likeness (QED) is 0.385. The zero-order valence-corrected chi connectivity index (χ0v) is 17.2. The summed E-state index contributed by atoms with van der Waals surface area (Å²) in [5, 5.41) is 11.1. The highest BCUT2D eigenvalue weighted by molar-refractivity contribution is 14.0. The molecule has 0 amide bonds. The second kappa shape index (κ2) is 10.5. The molecule has 0 bridgehead atoms. The molecule has 0 spiro atoms. The number of nitrogens with zero attached hydrogens (tertiary/aromatic N) is 3. The molecular weight excluding hydrogens is 448 g/mol. The standard InChI is InChI=1S/C18H24FN5O.HI/c1-20-18(22-13-17-3-2-12-25-17)21-10-8-15-9-11-24(23-15)16-6-4-14(19)5-7-16;/h4-7,9,11,17H,2-3,8,10,12-13H2,1H3,(H2,20,21,22);1H. The van der Waals surface area contributed by atoms with Crippen LogP contribution >= 0.6 is 24.0 Å². The number of aromatic nitrogens is 2. The number of hydrogen-bond acceptors (Lipinski definition) is 3. The molecule has 1 aliphatic heterocycles. The van der Waals surface area contributed by atoms with Crippen molar-refractivity contribution in [3.8, 4) is 5.69 Å². The summed E-state index contributed by atoms with van der Waals surface area (Å²) in [6.07, 6.45) is 5.17. The van der Waals surface area contributed by atoms with Crippen molar-refractivity contribution in [1.82, 2.24) is 20.4 Å². The molecule has 2 N–H and O–H groups in total. The van der Waals surface area contributed by atoms with Gasteiger partial charge in [0.25, 0.3) is 0 Å². The zero-order valence-electron chi connectivity index (χ0n) is 14.8. The molecule has 1 aromatic heterocycles. The molecule has 26 heavy (non-hydrogen) atoms. The summed E-state index contributed by atoms with van der Waals surface area (Å²) in [5.41, 5.74) is 1.81. The Labute approximate surface area is 170 Å². The third-order valence-electron chi connectivity index (χ3n) is 4.15. The van der Waals surface area contributed by atoms with E-state index in [1.165, 1.54) is 12.1 Å². The van der Waals surface area contributed by atoms with E-state index in [0.717, 1.165) is 56.3 Å². The topological polar surface area (TPSA) is 63.5 Å². The van der Waals surface area contributed by atoms with E-state index < -0.39 is 0 Å². The number of ether oxygens (including phenoxy) is 1. The van der Waals surface area contributed by atoms with Gasteiger partial charge in [0.15, 0.2) is 5.96 Å². The average molecular weight is 473 g/mol. The summed E-state index contributed by atoms with van der Waals surface area (Å²) in [5.74, 6) is 0.524. The van der Waals surface area contributed by atoms with Crippen molar-refractivity contribution in [2.24, 2.45) is 4.99 Å². The highest BCUT2D eigenvalue weighted by Gasteiger charge is 2.15. The Morgan fingerprint density at radius 3 is 2.81 bits per heavy atom. The highest BCUT2D eigenvalue weighted by atomic mass is 127. The summed E-state index contributed by atoms with van der Waals surface area (Å²) < 4.78 is 20.3. The molecule has 0 saturated carbocycles. The summed E-state index contributed by atoms with van der Waals surface area (Å²) >= 11 is 0. The number of halogens is 2. The van der Waals surface area contributed by atoms with Gasteiger partial charge in [0.2, 0.25) is 0 Å². The molecule has 1 aliphatic rings. The van der Waals surface area contributed by atoms with Crippen LogP contribution in [0.5, 0.6) is 0 Å². The van der Waals surface area contributed by atoms with Gasteiger partial charge in [-0.05, 0) is 43.2 Å². The molecule has 1 fully saturated rings. The lowest BCUT2D eigenvalue weighted by atomic mass is 10.2. The number of hydrogen-bond donors (Lipinski definition) is 2. The van der Waals surface area contributed by atoms with Crippen LogP contribution in [-0.4, -0.2) is 48.6 Å². The van der Waals surface area contributed by atoms with Crippen molar-refractivity contribution in [1.29, 1.82) is 0 Å². The van der Waals surface area contributed by atoms with Gasteiger partial charge < -0.3 is 15.4 Å². The van der Waals surface area contributed by atoms with Crippen LogP contribution in [0.1, 0.15) is 18.5 Å². The molecular formula is C18H25FIN5O. The summed E-state index contributed by atoms with van der Waals surface area (Å²) in [6.45, 7) is 2.36. The van der Waals surface area contributed by atoms with Gasteiger partial charge in [-0.15, -0.1) is 24.0 Å². The largest absolute Gasteiger partial charge is 0.376 e. The molecule has 142 valence electrons. The predicted octanol–water partition coefficient (Wildman–Crippen LogP) is 2.52. The van der Waals surface area contributed by atoms with Gasteiger partial charge >= 0.3 is 0 Å². The second-order valence-electron chi connectivity index (χ2n) is 5.99. The molecule has 3 rings (SSSR count). The van der Waals surface area contributed by atoms with Crippen molar-refractivity contribution in [2.75, 3.05) is 26.7 Å². The normalized spacial score (nSPS) is 17.0. The van der Waals surface area contributed by atoms with E-state index in [9.17, 15) is 4.39 Å². The van der Waals surface area contributed by atoms with Crippen molar-refractivity contribution in [3.63, 3.8) is 0 Å². The van der Waals surface area contributed by atoms with Crippen LogP contribution in [0.3, 0.4) is 0 Å². The number of aliphatic imine (C=N–C) groups is 1. The van der Waals surface area contributed by atoms with Crippen LogP contribution in [0.15, 0.2) is 41.5 Å². The summed E-state index contributed by atoms with van der Waals surface area (Å²) in [7, 11) is 1.76. The molecule has 1 atom stereocenters. The lowest BCUT2D eigenvalue weighted by Gasteiger charge is -2.14. The summed E-state index contributed by atoms with van der Waals surface area (Å²) in [6, 6.07) is 8.25. The third kappa shape index (κ3) is 5.94. The molecule has 1 unspecified atom stereocenters. The fourth-order valence-corrected chi connectivity index (χ4v) is 2.78. The molecule has 0 aliphatic carbocycles. The van der Waals surface area contributed by atoms with Gasteiger partial charge in [-0.1, -0.05) is 0 Å². The van der Waals surface area contributed by atoms with Gasteiger partial charge in [0.05, 0.1) is 17.5 Å². The van der Waals surface area contributed by atoms with Crippen LogP contribution < -0.4 is 10.6 Å². The Hall–Kier alpha value is -1.68. The number of nitrogens with one attached hydrogen (secondary N) is 2. The molecule has 1 saturated heterocycles. The first kappa shape index (κ1) is 20.6. The van der Waals surface area contributed by atoms with Crippen molar-refractivity contribution in [2.45, 2.75) is 25.4 Å². The SMILES string of the molecule is CN=C(NCCc1ccn(-c2ccc(F)cc2)n1)NCC1CCCO1.I. The minimum Gasteiger partial charge on any atom is -0.376 e. The van der Waals surface area contributed by atoms with Crippen LogP contribution in [0, 0.1) is 5.82 Å². The molecule has 0 radical (unpaired) electrons. The second-order valence-corrected chi connectivity index (χ2v) is 5.99. The first-order valence-corrected chi connectivity index (χ1v) is 8.61. The Morgan fingerprint density at radius 1 is 1.31 bits per heavy atom. The third-order valence-corrected chi connectivity index (χ3v) is 4.15. The Morgan fingerprint density at radius 2 is 2.12 bits per heavy atom. The fraction of sp³-hybridized carbons (Fsp3) is 0.444. The van der Waals surface area contributed by atoms with Crippen LogP contribution in [0.25, 0.3) is 5.69 Å². The summed E-state index contributed by atoms with van der Waals surface area (Å²) in [4.78, 5) is 4.22. The van der Waals surface area contributed by atoms with Crippen LogP contribution in [0.2, 0.25) is 0 Å². The maximum Gasteiger partial charge on any atom is 0.191 e. The number of guanidine groups is 1. The van der Waals surface area contributed by atoms with Crippen molar-refractivity contribution >= 4 is 29.9 Å². The minimum atomic E-state index is -0.248. The van der Waals surface area contributed by atoms with Crippen molar-refractivity contribution in [3.05, 3.63) is 48.0 Å². The molecule has 8 heteroatoms. The molecule has 1 aromatic carbocycles. The maximum atomic E-state index is 13.0. The fourth-order valence-electron chi connectivity index (χ4n) is 2.78. The van der Waals surface area contributed by atoms with Gasteiger partial charge in [-0.2, -0.15) is 5.10 Å². The Kier molecular flexibility index (Phi) is 8.30. The highest BCUT2D eigenvalue weighted by Crippen LogP contribution is 2.10. The predicted molar refractivity (Wildman–Crippen MR) is 111 cm³/mol. The smallest absolute Gasteiger partial charge is 0.191 e. The number of rotatable bonds is 6. The van der Waals surface area contributed by atoms with Gasteiger partial charge in [-0.25, -0.2) is 9.07 Å². The Bertz CT molecular complexity index is 698. The van der Waals surface area contributed by atoms with Gasteiger partial charge in [0, 0.05) is 39.4 Å². The molecule has 2 aromatic rings. The van der Waals surface area contributed by atoms with Crippen LogP contribution in [0.4, 0.5) is 4.39 Å². The van der Waals surface area contributed by atoms with E-state index in [1.807, 2.05) is 12.3 Å². The van der Waals surface area contributed by atoms with E-state index >= 15 is 0 Å². The van der Waals surface area contributed by atoms with Gasteiger partial charge in [-0.3, -0.25) is 4.99 Å². The average Bonchev–Trinajstić information content (AvgIpc) is 3.30. The minimum absolute atomic E-state index is 0. The van der Waals surface area contributed by atoms with E-state index in [4.69, 9.17) is 4.74 Å². The first-order valence-electron chi connectivity index (χ1n) is 8.61. The van der Waals surface area contributed by atoms with Crippen LogP contribution in [-0.2, 0) is 11.2 Å². The maximum absolute atomic E-state index is 13.0. The molecule has 2 heterocycles. The molecule has 6 nitrogen and oxygen atoms in total. The lowest BCUT2D eigenvalue weighted by Crippen LogP contribution is -2.41. The Balaban J connectivity index is 0.00000243. The van der Waals surface area contributed by atoms with Gasteiger partial charge in [0.1, 0.15) is 5.82 Å². The first-order chi connectivity index (χ1) is 12.2. The van der Waals surface area contributed by atoms with E-state index in [-0.39, 0.29) is 35.9 Å². The lowest BCUT2D eigenvalue weighted by molar-refractivity contribution is 0.114. The van der Waals surface area contributed by atoms with E-state index in [0.29, 0.717) is 0 Å². The van der Waals surface area contributed by atoms with E-state index in [1.54, 1.807) is 23.9 Å².